The van der Waals surface area contributed by atoms with E-state index in [4.69, 9.17) is 0 Å². The fraction of sp³-hybridized carbons (Fsp3) is 0.632. The third-order valence-corrected chi connectivity index (χ3v) is 5.69. The molecule has 0 aromatic heterocycles. The van der Waals surface area contributed by atoms with Gasteiger partial charge in [-0.25, -0.2) is 0 Å². The average Bonchev–Trinajstić information content (AvgIpc) is 3.00. The number of aliphatic hydroxyl groups excluding tert-OH is 1. The molecule has 1 fully saturated rings. The predicted octanol–water partition coefficient (Wildman–Crippen LogP) is 3.20. The molecule has 0 radical (unpaired) electrons. The van der Waals surface area contributed by atoms with Crippen molar-refractivity contribution in [3.05, 3.63) is 29.8 Å². The molecule has 5 heteroatoms. The summed E-state index contributed by atoms with van der Waals surface area (Å²) in [5, 5.41) is 16.4. The van der Waals surface area contributed by atoms with Crippen LogP contribution in [0.5, 0.6) is 0 Å². The van der Waals surface area contributed by atoms with E-state index in [1.54, 1.807) is 0 Å². The second kappa shape index (κ2) is 10.1. The molecule has 0 bridgehead atoms. The molecule has 24 heavy (non-hydrogen) atoms. The Kier molecular flexibility index (Phi) is 8.09. The highest BCUT2D eigenvalue weighted by Crippen LogP contribution is 2.19. The number of amides is 1. The lowest BCUT2D eigenvalue weighted by atomic mass is 10.1. The van der Waals surface area contributed by atoms with Gasteiger partial charge >= 0.3 is 0 Å². The molecular weight excluding hydrogens is 320 g/mol. The number of thioether (sulfide) groups is 1. The molecule has 3 N–H and O–H groups in total. The van der Waals surface area contributed by atoms with Crippen LogP contribution < -0.4 is 10.6 Å². The van der Waals surface area contributed by atoms with Crippen LogP contribution in [0.2, 0.25) is 0 Å². The topological polar surface area (TPSA) is 61.4 Å². The van der Waals surface area contributed by atoms with E-state index in [1.807, 2.05) is 23.9 Å². The summed E-state index contributed by atoms with van der Waals surface area (Å²) in [6, 6.07) is 7.54. The zero-order valence-corrected chi connectivity index (χ0v) is 15.6. The van der Waals surface area contributed by atoms with Gasteiger partial charge in [-0.05, 0) is 49.3 Å². The van der Waals surface area contributed by atoms with Gasteiger partial charge in [0.05, 0.1) is 6.10 Å². The summed E-state index contributed by atoms with van der Waals surface area (Å²) in [6.45, 7) is 5.23. The minimum atomic E-state index is -0.587. The van der Waals surface area contributed by atoms with Gasteiger partial charge in [0.25, 0.3) is 0 Å². The minimum Gasteiger partial charge on any atom is -0.391 e. The van der Waals surface area contributed by atoms with Crippen LogP contribution in [0, 0.1) is 0 Å². The van der Waals surface area contributed by atoms with Gasteiger partial charge < -0.3 is 15.7 Å². The summed E-state index contributed by atoms with van der Waals surface area (Å²) in [5.74, 6) is 0.974. The zero-order valence-electron chi connectivity index (χ0n) is 14.8. The maximum atomic E-state index is 12.1. The van der Waals surface area contributed by atoms with E-state index in [0.717, 1.165) is 23.1 Å². The Labute approximate surface area is 149 Å². The molecule has 0 aliphatic carbocycles. The number of aryl methyl sites for hydroxylation is 1. The van der Waals surface area contributed by atoms with Gasteiger partial charge in [-0.2, -0.15) is 11.8 Å². The van der Waals surface area contributed by atoms with Crippen LogP contribution in [0.1, 0.15) is 45.1 Å². The Balaban J connectivity index is 1.73. The maximum absolute atomic E-state index is 12.1. The van der Waals surface area contributed by atoms with E-state index in [2.05, 4.69) is 36.6 Å². The van der Waals surface area contributed by atoms with Crippen molar-refractivity contribution in [1.29, 1.82) is 0 Å². The van der Waals surface area contributed by atoms with E-state index in [1.165, 1.54) is 24.8 Å². The Bertz CT molecular complexity index is 507. The molecule has 1 aromatic rings. The van der Waals surface area contributed by atoms with Crippen LogP contribution in [-0.4, -0.2) is 40.7 Å². The quantitative estimate of drug-likeness (QED) is 0.640. The molecular formula is C19H30N2O2S. The zero-order chi connectivity index (χ0) is 17.4. The first-order valence-corrected chi connectivity index (χ1v) is 10.1. The number of aliphatic hydroxyl groups is 1. The summed E-state index contributed by atoms with van der Waals surface area (Å²) < 4.78 is 0. The van der Waals surface area contributed by atoms with E-state index >= 15 is 0 Å². The van der Waals surface area contributed by atoms with Crippen molar-refractivity contribution in [3.63, 3.8) is 0 Å². The van der Waals surface area contributed by atoms with Crippen LogP contribution in [0.15, 0.2) is 24.3 Å². The smallest absolute Gasteiger partial charge is 0.244 e. The maximum Gasteiger partial charge on any atom is 0.244 e. The summed E-state index contributed by atoms with van der Waals surface area (Å²) in [7, 11) is 0. The highest BCUT2D eigenvalue weighted by Gasteiger charge is 2.30. The van der Waals surface area contributed by atoms with Gasteiger partial charge in [-0.1, -0.05) is 38.8 Å². The molecule has 1 aliphatic rings. The number of nitrogens with one attached hydrogen (secondary N) is 2. The molecule has 1 aromatic carbocycles. The molecule has 0 saturated carbocycles. The third kappa shape index (κ3) is 6.11. The van der Waals surface area contributed by atoms with Crippen LogP contribution in [0.25, 0.3) is 0 Å². The molecule has 4 nitrogen and oxygen atoms in total. The summed E-state index contributed by atoms with van der Waals surface area (Å²) in [6.07, 6.45) is 4.98. The van der Waals surface area contributed by atoms with Crippen LogP contribution >= 0.6 is 11.8 Å². The monoisotopic (exact) mass is 350 g/mol. The number of carbonyl (C=O) groups excluding carboxylic acids is 1. The van der Waals surface area contributed by atoms with Crippen molar-refractivity contribution < 1.29 is 9.90 Å². The Hall–Kier alpha value is -1.04. The van der Waals surface area contributed by atoms with Gasteiger partial charge in [-0.15, -0.1) is 0 Å². The first-order chi connectivity index (χ1) is 11.6. The predicted molar refractivity (Wildman–Crippen MR) is 103 cm³/mol. The van der Waals surface area contributed by atoms with Crippen molar-refractivity contribution in [1.82, 2.24) is 5.32 Å². The fourth-order valence-corrected chi connectivity index (χ4v) is 3.97. The molecule has 3 atom stereocenters. The van der Waals surface area contributed by atoms with Gasteiger partial charge in [0.1, 0.15) is 6.04 Å². The van der Waals surface area contributed by atoms with Crippen molar-refractivity contribution in [2.24, 2.45) is 0 Å². The average molecular weight is 351 g/mol. The number of benzene rings is 1. The molecule has 1 amide bonds. The van der Waals surface area contributed by atoms with Gasteiger partial charge in [0.2, 0.25) is 5.91 Å². The molecule has 1 heterocycles. The van der Waals surface area contributed by atoms with Crippen molar-refractivity contribution >= 4 is 23.4 Å². The van der Waals surface area contributed by atoms with Crippen LogP contribution in [-0.2, 0) is 11.2 Å². The normalized spacial score (nSPS) is 21.6. The number of hydrogen-bond acceptors (Lipinski definition) is 4. The highest BCUT2D eigenvalue weighted by atomic mass is 32.2. The number of hydrogen-bond donors (Lipinski definition) is 3. The van der Waals surface area contributed by atoms with Gasteiger partial charge in [0, 0.05) is 10.9 Å². The summed E-state index contributed by atoms with van der Waals surface area (Å²) >= 11 is 2.04. The molecule has 2 rings (SSSR count). The number of unbranched alkanes of at least 4 members (excludes halogenated alkanes) is 1. The van der Waals surface area contributed by atoms with Gasteiger partial charge in [0.15, 0.2) is 0 Å². The third-order valence-electron chi connectivity index (χ3n) is 4.45. The molecule has 134 valence electrons. The molecule has 1 aliphatic heterocycles. The van der Waals surface area contributed by atoms with Crippen LogP contribution in [0.3, 0.4) is 0 Å². The molecule has 1 saturated heterocycles. The number of rotatable bonds is 9. The second-order valence-corrected chi connectivity index (χ2v) is 8.09. The lowest BCUT2D eigenvalue weighted by molar-refractivity contribution is -0.119. The van der Waals surface area contributed by atoms with E-state index < -0.39 is 12.1 Å². The van der Waals surface area contributed by atoms with Crippen molar-refractivity contribution in [3.8, 4) is 0 Å². The Morgan fingerprint density at radius 1 is 1.42 bits per heavy atom. The first kappa shape index (κ1) is 19.3. The minimum absolute atomic E-state index is 0.159. The lowest BCUT2D eigenvalue weighted by Gasteiger charge is -2.15. The van der Waals surface area contributed by atoms with Gasteiger partial charge in [-0.3, -0.25) is 4.79 Å². The van der Waals surface area contributed by atoms with E-state index in [0.29, 0.717) is 13.0 Å². The SMILES string of the molecule is CCCCC(C)SCCc1ccc(NC(=O)[C@H]2NCC[C@@H]2O)cc1. The Morgan fingerprint density at radius 2 is 2.17 bits per heavy atom. The Morgan fingerprint density at radius 3 is 2.79 bits per heavy atom. The number of anilines is 1. The summed E-state index contributed by atoms with van der Waals surface area (Å²) in [4.78, 5) is 12.1. The fourth-order valence-electron chi connectivity index (χ4n) is 2.88. The van der Waals surface area contributed by atoms with E-state index in [-0.39, 0.29) is 5.91 Å². The molecule has 0 spiro atoms. The second-order valence-electron chi connectivity index (χ2n) is 6.55. The summed E-state index contributed by atoms with van der Waals surface area (Å²) in [5.41, 5.74) is 2.08. The molecule has 1 unspecified atom stereocenters. The largest absolute Gasteiger partial charge is 0.391 e. The van der Waals surface area contributed by atoms with Crippen molar-refractivity contribution in [2.45, 2.75) is 63.3 Å². The standard InChI is InChI=1S/C19H30N2O2S/c1-3-4-5-14(2)24-13-11-15-6-8-16(9-7-15)21-19(23)18-17(22)10-12-20-18/h6-9,14,17-18,20,22H,3-5,10-13H2,1-2H3,(H,21,23)/t14?,17-,18-/m0/s1. The number of carbonyl (C=O) groups is 1. The first-order valence-electron chi connectivity index (χ1n) is 9.03. The van der Waals surface area contributed by atoms with Crippen LogP contribution in [0.4, 0.5) is 5.69 Å². The lowest BCUT2D eigenvalue weighted by Crippen LogP contribution is -2.42. The van der Waals surface area contributed by atoms with E-state index in [9.17, 15) is 9.90 Å². The van der Waals surface area contributed by atoms with Crippen molar-refractivity contribution in [2.75, 3.05) is 17.6 Å². The highest BCUT2D eigenvalue weighted by molar-refractivity contribution is 7.99.